The van der Waals surface area contributed by atoms with Crippen LogP contribution < -0.4 is 16.0 Å². The lowest BCUT2D eigenvalue weighted by molar-refractivity contribution is 0.114. The van der Waals surface area contributed by atoms with E-state index in [9.17, 15) is 0 Å². The molecule has 1 aliphatic heterocycles. The molecule has 8 heteroatoms. The van der Waals surface area contributed by atoms with E-state index >= 15 is 0 Å². The molecular weight excluding hydrogens is 324 g/mol. The Hall–Kier alpha value is -1.80. The van der Waals surface area contributed by atoms with Crippen LogP contribution in [0.15, 0.2) is 11.1 Å². The molecule has 1 unspecified atom stereocenters. The number of aliphatic imine (C=N–C) groups is 1. The SMILES string of the molecule is Cc1cc(C)nc(NC(=NC2CC2)NC(=S)NCC2CCCO2)n1. The Morgan fingerprint density at radius 2 is 2.04 bits per heavy atom. The zero-order valence-corrected chi connectivity index (χ0v) is 14.9. The van der Waals surface area contributed by atoms with Crippen molar-refractivity contribution in [2.24, 2.45) is 4.99 Å². The zero-order valence-electron chi connectivity index (χ0n) is 14.1. The second-order valence-corrected chi connectivity index (χ2v) is 6.69. The highest BCUT2D eigenvalue weighted by molar-refractivity contribution is 7.80. The van der Waals surface area contributed by atoms with Gasteiger partial charge in [-0.25, -0.2) is 15.0 Å². The molecule has 7 nitrogen and oxygen atoms in total. The first-order chi connectivity index (χ1) is 11.6. The first-order valence-corrected chi connectivity index (χ1v) is 8.83. The van der Waals surface area contributed by atoms with Crippen LogP contribution in [0.4, 0.5) is 5.95 Å². The van der Waals surface area contributed by atoms with Gasteiger partial charge in [0.15, 0.2) is 5.11 Å². The van der Waals surface area contributed by atoms with Crippen molar-refractivity contribution in [1.82, 2.24) is 20.6 Å². The Bertz CT molecular complexity index is 605. The number of thiocarbonyl (C=S) groups is 1. The summed E-state index contributed by atoms with van der Waals surface area (Å²) in [5.41, 5.74) is 1.82. The number of hydrogen-bond acceptors (Lipinski definition) is 5. The normalized spacial score (nSPS) is 20.8. The molecule has 3 rings (SSSR count). The third-order valence-corrected chi connectivity index (χ3v) is 4.06. The average molecular weight is 348 g/mol. The highest BCUT2D eigenvalue weighted by Gasteiger charge is 2.22. The van der Waals surface area contributed by atoms with E-state index in [-0.39, 0.29) is 6.10 Å². The van der Waals surface area contributed by atoms with Crippen molar-refractivity contribution in [2.45, 2.75) is 51.7 Å². The standard InChI is InChI=1S/C16H24N6OS/c1-10-8-11(2)19-14(18-10)21-15(20-12-5-6-12)22-16(24)17-9-13-4-3-7-23-13/h8,12-13H,3-7,9H2,1-2H3,(H3,17,18,19,20,21,22,24). The lowest BCUT2D eigenvalue weighted by Gasteiger charge is -2.16. The predicted molar refractivity (Wildman–Crippen MR) is 98.3 cm³/mol. The van der Waals surface area contributed by atoms with E-state index in [0.717, 1.165) is 43.7 Å². The first-order valence-electron chi connectivity index (χ1n) is 8.42. The minimum Gasteiger partial charge on any atom is -0.376 e. The number of anilines is 1. The van der Waals surface area contributed by atoms with Gasteiger partial charge >= 0.3 is 0 Å². The molecule has 3 N–H and O–H groups in total. The molecule has 1 saturated carbocycles. The molecule has 24 heavy (non-hydrogen) atoms. The Morgan fingerprint density at radius 1 is 1.29 bits per heavy atom. The smallest absolute Gasteiger partial charge is 0.229 e. The van der Waals surface area contributed by atoms with E-state index < -0.39 is 0 Å². The molecule has 0 spiro atoms. The lowest BCUT2D eigenvalue weighted by atomic mass is 10.2. The Morgan fingerprint density at radius 3 is 2.67 bits per heavy atom. The fraction of sp³-hybridized carbons (Fsp3) is 0.625. The van der Waals surface area contributed by atoms with E-state index in [0.29, 0.717) is 29.6 Å². The summed E-state index contributed by atoms with van der Waals surface area (Å²) in [4.78, 5) is 13.4. The van der Waals surface area contributed by atoms with Crippen LogP contribution in [0.3, 0.4) is 0 Å². The highest BCUT2D eigenvalue weighted by Crippen LogP contribution is 2.23. The molecule has 2 fully saturated rings. The highest BCUT2D eigenvalue weighted by atomic mass is 32.1. The maximum absolute atomic E-state index is 5.59. The van der Waals surface area contributed by atoms with Crippen LogP contribution >= 0.6 is 12.2 Å². The number of guanidine groups is 1. The van der Waals surface area contributed by atoms with Gasteiger partial charge in [-0.2, -0.15) is 0 Å². The summed E-state index contributed by atoms with van der Waals surface area (Å²) in [5.74, 6) is 1.12. The van der Waals surface area contributed by atoms with Gasteiger partial charge in [0, 0.05) is 24.5 Å². The second-order valence-electron chi connectivity index (χ2n) is 6.28. The summed E-state index contributed by atoms with van der Waals surface area (Å²) in [6.07, 6.45) is 4.65. The van der Waals surface area contributed by atoms with Gasteiger partial charge in [0.05, 0.1) is 12.1 Å². The molecule has 1 aliphatic carbocycles. The summed E-state index contributed by atoms with van der Waals surface area (Å²) < 4.78 is 5.59. The Balaban J connectivity index is 1.58. The maximum Gasteiger partial charge on any atom is 0.229 e. The Kier molecular flexibility index (Phi) is 5.57. The molecule has 0 bridgehead atoms. The van der Waals surface area contributed by atoms with Crippen LogP contribution in [0, 0.1) is 13.8 Å². The number of hydrogen-bond donors (Lipinski definition) is 3. The molecule has 2 heterocycles. The van der Waals surface area contributed by atoms with Gasteiger partial charge in [-0.15, -0.1) is 0 Å². The molecule has 130 valence electrons. The molecule has 1 aromatic rings. The van der Waals surface area contributed by atoms with Gasteiger partial charge in [0.1, 0.15) is 0 Å². The number of nitrogens with zero attached hydrogens (tertiary/aromatic N) is 3. The number of aryl methyl sites for hydroxylation is 2. The molecule has 0 amide bonds. The first kappa shape index (κ1) is 17.0. The molecule has 1 aromatic heterocycles. The maximum atomic E-state index is 5.59. The van der Waals surface area contributed by atoms with E-state index in [2.05, 4.69) is 30.9 Å². The fourth-order valence-corrected chi connectivity index (χ4v) is 2.71. The number of rotatable bonds is 4. The van der Waals surface area contributed by atoms with Gasteiger partial charge in [0.2, 0.25) is 11.9 Å². The van der Waals surface area contributed by atoms with Crippen molar-refractivity contribution in [3.63, 3.8) is 0 Å². The summed E-state index contributed by atoms with van der Waals surface area (Å²) in [5, 5.41) is 9.99. The number of ether oxygens (including phenoxy) is 1. The minimum absolute atomic E-state index is 0.240. The molecule has 0 aromatic carbocycles. The van der Waals surface area contributed by atoms with Crippen molar-refractivity contribution in [3.05, 3.63) is 17.5 Å². The summed E-state index contributed by atoms with van der Waals surface area (Å²) >= 11 is 5.37. The summed E-state index contributed by atoms with van der Waals surface area (Å²) in [7, 11) is 0. The van der Waals surface area contributed by atoms with Crippen molar-refractivity contribution in [3.8, 4) is 0 Å². The van der Waals surface area contributed by atoms with Crippen LogP contribution in [0.5, 0.6) is 0 Å². The molecule has 2 aliphatic rings. The van der Waals surface area contributed by atoms with E-state index in [1.165, 1.54) is 0 Å². The van der Waals surface area contributed by atoms with E-state index in [4.69, 9.17) is 17.0 Å². The summed E-state index contributed by atoms with van der Waals surface area (Å²) in [6, 6.07) is 2.29. The van der Waals surface area contributed by atoms with Gasteiger partial charge in [-0.1, -0.05) is 0 Å². The van der Waals surface area contributed by atoms with E-state index in [1.54, 1.807) is 0 Å². The monoisotopic (exact) mass is 348 g/mol. The lowest BCUT2D eigenvalue weighted by Crippen LogP contribution is -2.45. The molecule has 1 atom stereocenters. The Labute approximate surface area is 147 Å². The zero-order chi connectivity index (χ0) is 16.9. The summed E-state index contributed by atoms with van der Waals surface area (Å²) in [6.45, 7) is 5.44. The van der Waals surface area contributed by atoms with Gasteiger partial charge in [0.25, 0.3) is 0 Å². The van der Waals surface area contributed by atoms with E-state index in [1.807, 2.05) is 19.9 Å². The van der Waals surface area contributed by atoms with Gasteiger partial charge in [-0.05, 0) is 57.8 Å². The predicted octanol–water partition coefficient (Wildman–Crippen LogP) is 1.67. The van der Waals surface area contributed by atoms with Gasteiger partial charge in [-0.3, -0.25) is 5.32 Å². The minimum atomic E-state index is 0.240. The quantitative estimate of drug-likeness (QED) is 0.434. The van der Waals surface area contributed by atoms with Crippen LogP contribution in [-0.4, -0.2) is 46.3 Å². The van der Waals surface area contributed by atoms with Crippen LogP contribution in [-0.2, 0) is 4.74 Å². The number of nitrogens with one attached hydrogen (secondary N) is 3. The van der Waals surface area contributed by atoms with Gasteiger partial charge < -0.3 is 15.4 Å². The third-order valence-electron chi connectivity index (χ3n) is 3.82. The third kappa shape index (κ3) is 5.38. The largest absolute Gasteiger partial charge is 0.376 e. The van der Waals surface area contributed by atoms with Crippen LogP contribution in [0.1, 0.15) is 37.1 Å². The van der Waals surface area contributed by atoms with Crippen LogP contribution in [0.25, 0.3) is 0 Å². The van der Waals surface area contributed by atoms with Crippen molar-refractivity contribution >= 4 is 29.2 Å². The second kappa shape index (κ2) is 7.85. The molecular formula is C16H24N6OS. The topological polar surface area (TPSA) is 83.5 Å². The van der Waals surface area contributed by atoms with Crippen molar-refractivity contribution < 1.29 is 4.74 Å². The van der Waals surface area contributed by atoms with Crippen LogP contribution in [0.2, 0.25) is 0 Å². The molecule has 1 saturated heterocycles. The average Bonchev–Trinajstić information content (AvgIpc) is 3.16. The molecule has 0 radical (unpaired) electrons. The number of aromatic nitrogens is 2. The fourth-order valence-electron chi connectivity index (χ4n) is 2.53. The van der Waals surface area contributed by atoms with Crippen molar-refractivity contribution in [2.75, 3.05) is 18.5 Å². The van der Waals surface area contributed by atoms with Crippen molar-refractivity contribution in [1.29, 1.82) is 0 Å².